The second kappa shape index (κ2) is 8.93. The molecule has 2 aromatic heterocycles. The number of nitrogens with one attached hydrogen (secondary N) is 3. The molecular weight excluding hydrogens is 374 g/mol. The molecule has 2 heterocycles. The normalized spacial score (nSPS) is 14.0. The second-order valence-electron chi connectivity index (χ2n) is 7.28. The Bertz CT molecular complexity index is 908. The maximum Gasteiger partial charge on any atom is 0.340 e. The predicted molar refractivity (Wildman–Crippen MR) is 107 cm³/mol. The minimum absolute atomic E-state index is 0.0900. The van der Waals surface area contributed by atoms with Crippen LogP contribution < -0.4 is 10.6 Å². The number of H-pyrrole nitrogens is 1. The summed E-state index contributed by atoms with van der Waals surface area (Å²) < 4.78 is 6.53. The third kappa shape index (κ3) is 4.85. The summed E-state index contributed by atoms with van der Waals surface area (Å²) in [5.74, 6) is -0.942. The minimum Gasteiger partial charge on any atom is -0.462 e. The number of hydrogen-bond donors (Lipinski definition) is 3. The smallest absolute Gasteiger partial charge is 0.340 e. The SMILES string of the molecule is CCOC(=O)c1c(C)[nH]c(C(=O)Nc2cnn(CC(=O)NC3CCCC3)c2)c1C. The maximum atomic E-state index is 12.6. The van der Waals surface area contributed by atoms with E-state index in [0.717, 1.165) is 25.7 Å². The first-order valence-corrected chi connectivity index (χ1v) is 9.88. The molecule has 156 valence electrons. The van der Waals surface area contributed by atoms with Crippen LogP contribution in [0.3, 0.4) is 0 Å². The van der Waals surface area contributed by atoms with Gasteiger partial charge in [0.05, 0.1) is 24.1 Å². The number of carbonyl (C=O) groups excluding carboxylic acids is 3. The van der Waals surface area contributed by atoms with Gasteiger partial charge in [-0.05, 0) is 39.2 Å². The van der Waals surface area contributed by atoms with Crippen molar-refractivity contribution < 1.29 is 19.1 Å². The Morgan fingerprint density at radius 3 is 2.69 bits per heavy atom. The average Bonchev–Trinajstić information content (AvgIpc) is 3.37. The van der Waals surface area contributed by atoms with E-state index in [-0.39, 0.29) is 30.8 Å². The first-order valence-electron chi connectivity index (χ1n) is 9.88. The Labute approximate surface area is 169 Å². The first-order chi connectivity index (χ1) is 13.9. The number of ether oxygens (including phenoxy) is 1. The van der Waals surface area contributed by atoms with Crippen LogP contribution in [0.25, 0.3) is 0 Å². The second-order valence-corrected chi connectivity index (χ2v) is 7.28. The van der Waals surface area contributed by atoms with E-state index in [4.69, 9.17) is 4.74 Å². The van der Waals surface area contributed by atoms with E-state index in [9.17, 15) is 14.4 Å². The lowest BCUT2D eigenvalue weighted by molar-refractivity contribution is -0.122. The highest BCUT2D eigenvalue weighted by Gasteiger charge is 2.23. The van der Waals surface area contributed by atoms with Crippen LogP contribution in [0.1, 0.15) is 64.7 Å². The lowest BCUT2D eigenvalue weighted by Gasteiger charge is -2.11. The van der Waals surface area contributed by atoms with Gasteiger partial charge in [0.25, 0.3) is 5.91 Å². The summed E-state index contributed by atoms with van der Waals surface area (Å²) in [4.78, 5) is 39.8. The molecule has 0 unspecified atom stereocenters. The number of aromatic amines is 1. The molecule has 0 bridgehead atoms. The molecule has 0 saturated heterocycles. The maximum absolute atomic E-state index is 12.6. The van der Waals surface area contributed by atoms with Gasteiger partial charge in [-0.25, -0.2) is 4.79 Å². The highest BCUT2D eigenvalue weighted by atomic mass is 16.5. The molecular formula is C20H27N5O4. The van der Waals surface area contributed by atoms with Gasteiger partial charge < -0.3 is 20.4 Å². The van der Waals surface area contributed by atoms with Gasteiger partial charge in [0, 0.05) is 17.9 Å². The van der Waals surface area contributed by atoms with E-state index in [2.05, 4.69) is 20.7 Å². The van der Waals surface area contributed by atoms with Crippen LogP contribution in [0.15, 0.2) is 12.4 Å². The zero-order valence-corrected chi connectivity index (χ0v) is 17.0. The van der Waals surface area contributed by atoms with Crippen LogP contribution >= 0.6 is 0 Å². The Morgan fingerprint density at radius 1 is 1.28 bits per heavy atom. The summed E-state index contributed by atoms with van der Waals surface area (Å²) in [7, 11) is 0. The van der Waals surface area contributed by atoms with Crippen LogP contribution in [0.2, 0.25) is 0 Å². The Hall–Kier alpha value is -3.10. The molecule has 9 nitrogen and oxygen atoms in total. The van der Waals surface area contributed by atoms with Crippen LogP contribution in [0, 0.1) is 13.8 Å². The zero-order chi connectivity index (χ0) is 21.0. The topological polar surface area (TPSA) is 118 Å². The zero-order valence-electron chi connectivity index (χ0n) is 17.0. The number of hydrogen-bond acceptors (Lipinski definition) is 5. The van der Waals surface area contributed by atoms with Crippen molar-refractivity contribution in [2.24, 2.45) is 0 Å². The summed E-state index contributed by atoms with van der Waals surface area (Å²) in [6.45, 7) is 5.50. The molecule has 1 aliphatic carbocycles. The highest BCUT2D eigenvalue weighted by molar-refractivity contribution is 6.06. The fourth-order valence-electron chi connectivity index (χ4n) is 3.69. The molecule has 0 atom stereocenters. The number of aryl methyl sites for hydroxylation is 1. The molecule has 2 amide bonds. The number of nitrogens with zero attached hydrogens (tertiary/aromatic N) is 2. The molecule has 0 aromatic carbocycles. The van der Waals surface area contributed by atoms with Gasteiger partial charge in [-0.15, -0.1) is 0 Å². The molecule has 3 rings (SSSR count). The average molecular weight is 401 g/mol. The third-order valence-corrected chi connectivity index (χ3v) is 5.06. The predicted octanol–water partition coefficient (Wildman–Crippen LogP) is 2.32. The number of aromatic nitrogens is 3. The third-order valence-electron chi connectivity index (χ3n) is 5.06. The van der Waals surface area contributed by atoms with Crippen LogP contribution in [-0.4, -0.2) is 45.2 Å². The quantitative estimate of drug-likeness (QED) is 0.615. The summed E-state index contributed by atoms with van der Waals surface area (Å²) >= 11 is 0. The van der Waals surface area contributed by atoms with Crippen LogP contribution in [0.5, 0.6) is 0 Å². The Morgan fingerprint density at radius 2 is 2.00 bits per heavy atom. The monoisotopic (exact) mass is 401 g/mol. The van der Waals surface area contributed by atoms with E-state index >= 15 is 0 Å². The first kappa shape index (κ1) is 20.6. The van der Waals surface area contributed by atoms with Crippen molar-refractivity contribution in [2.75, 3.05) is 11.9 Å². The fourth-order valence-corrected chi connectivity index (χ4v) is 3.69. The molecule has 0 aliphatic heterocycles. The number of amides is 2. The van der Waals surface area contributed by atoms with Gasteiger partial charge in [-0.1, -0.05) is 12.8 Å². The summed E-state index contributed by atoms with van der Waals surface area (Å²) in [5.41, 5.74) is 2.23. The Balaban J connectivity index is 1.62. The van der Waals surface area contributed by atoms with E-state index in [0.29, 0.717) is 22.5 Å². The number of esters is 1. The van der Waals surface area contributed by atoms with Gasteiger partial charge >= 0.3 is 5.97 Å². The van der Waals surface area contributed by atoms with Crippen LogP contribution in [-0.2, 0) is 16.1 Å². The van der Waals surface area contributed by atoms with Crippen molar-refractivity contribution in [1.29, 1.82) is 0 Å². The number of carbonyl (C=O) groups is 3. The largest absolute Gasteiger partial charge is 0.462 e. The number of rotatable bonds is 7. The summed E-state index contributed by atoms with van der Waals surface area (Å²) in [5, 5.41) is 9.88. The molecule has 29 heavy (non-hydrogen) atoms. The Kier molecular flexibility index (Phi) is 6.36. The minimum atomic E-state index is -0.459. The highest BCUT2D eigenvalue weighted by Crippen LogP contribution is 2.20. The molecule has 1 aliphatic rings. The van der Waals surface area contributed by atoms with Gasteiger partial charge in [0.15, 0.2) is 0 Å². The molecule has 0 spiro atoms. The van der Waals surface area contributed by atoms with Gasteiger partial charge in [0.2, 0.25) is 5.91 Å². The fraction of sp³-hybridized carbons (Fsp3) is 0.500. The molecule has 3 N–H and O–H groups in total. The van der Waals surface area contributed by atoms with Gasteiger partial charge in [-0.3, -0.25) is 14.3 Å². The summed E-state index contributed by atoms with van der Waals surface area (Å²) in [6, 6.07) is 0.255. The molecule has 2 aromatic rings. The number of anilines is 1. The van der Waals surface area contributed by atoms with Crippen molar-refractivity contribution >= 4 is 23.5 Å². The molecule has 9 heteroatoms. The van der Waals surface area contributed by atoms with Crippen molar-refractivity contribution in [3.63, 3.8) is 0 Å². The van der Waals surface area contributed by atoms with E-state index in [1.54, 1.807) is 27.0 Å². The van der Waals surface area contributed by atoms with Crippen molar-refractivity contribution in [3.05, 3.63) is 34.9 Å². The van der Waals surface area contributed by atoms with E-state index in [1.165, 1.54) is 10.9 Å². The van der Waals surface area contributed by atoms with E-state index in [1.807, 2.05) is 0 Å². The van der Waals surface area contributed by atoms with Crippen molar-refractivity contribution in [3.8, 4) is 0 Å². The van der Waals surface area contributed by atoms with Crippen molar-refractivity contribution in [1.82, 2.24) is 20.1 Å². The van der Waals surface area contributed by atoms with Crippen molar-refractivity contribution in [2.45, 2.75) is 59.0 Å². The molecule has 1 fully saturated rings. The summed E-state index contributed by atoms with van der Waals surface area (Å²) in [6.07, 6.45) is 7.43. The molecule has 0 radical (unpaired) electrons. The standard InChI is InChI=1S/C20H27N5O4/c1-4-29-20(28)17-12(2)18(22-13(17)3)19(27)24-15-9-21-25(10-15)11-16(26)23-14-7-5-6-8-14/h9-10,14,22H,4-8,11H2,1-3H3,(H,23,26)(H,24,27). The van der Waals surface area contributed by atoms with E-state index < -0.39 is 11.9 Å². The molecule has 1 saturated carbocycles. The lowest BCUT2D eigenvalue weighted by Crippen LogP contribution is -2.35. The lowest BCUT2D eigenvalue weighted by atomic mass is 10.1. The van der Waals surface area contributed by atoms with Crippen LogP contribution in [0.4, 0.5) is 5.69 Å². The van der Waals surface area contributed by atoms with Gasteiger partial charge in [0.1, 0.15) is 12.2 Å². The van der Waals surface area contributed by atoms with Gasteiger partial charge in [-0.2, -0.15) is 5.10 Å².